The molecule has 1 N–H and O–H groups in total. The van der Waals surface area contributed by atoms with Crippen LogP contribution in [0.4, 0.5) is 0 Å². The van der Waals surface area contributed by atoms with Crippen LogP contribution in [-0.2, 0) is 21.4 Å². The average Bonchev–Trinajstić information content (AvgIpc) is 2.87. The molecule has 7 nitrogen and oxygen atoms in total. The minimum atomic E-state index is -3.15. The van der Waals surface area contributed by atoms with Crippen molar-refractivity contribution < 1.29 is 17.6 Å². The first-order valence-corrected chi connectivity index (χ1v) is 10.2. The summed E-state index contributed by atoms with van der Waals surface area (Å²) in [4.78, 5) is 14.3. The SMILES string of the molecule is CS(=O)(=O)N1C[C@H]2CC[C@@H](C1)N(CCC(=O)NCc1ccco1)C2. The van der Waals surface area contributed by atoms with Crippen molar-refractivity contribution in [2.45, 2.75) is 31.8 Å². The highest BCUT2D eigenvalue weighted by molar-refractivity contribution is 7.88. The van der Waals surface area contributed by atoms with Crippen molar-refractivity contribution in [3.63, 3.8) is 0 Å². The van der Waals surface area contributed by atoms with E-state index in [0.717, 1.165) is 25.1 Å². The largest absolute Gasteiger partial charge is 0.467 e. The lowest BCUT2D eigenvalue weighted by Gasteiger charge is -2.35. The molecule has 3 aliphatic heterocycles. The Morgan fingerprint density at radius 1 is 1.33 bits per heavy atom. The zero-order chi connectivity index (χ0) is 17.2. The molecule has 0 aromatic carbocycles. The first kappa shape index (κ1) is 17.4. The van der Waals surface area contributed by atoms with Crippen LogP contribution in [-0.4, -0.2) is 62.0 Å². The third-order valence-corrected chi connectivity index (χ3v) is 6.16. The van der Waals surface area contributed by atoms with Crippen LogP contribution in [0, 0.1) is 5.92 Å². The van der Waals surface area contributed by atoms with Gasteiger partial charge in [0, 0.05) is 38.6 Å². The van der Waals surface area contributed by atoms with Crippen molar-refractivity contribution in [1.82, 2.24) is 14.5 Å². The third-order valence-electron chi connectivity index (χ3n) is 4.93. The zero-order valence-electron chi connectivity index (χ0n) is 14.0. The van der Waals surface area contributed by atoms with E-state index in [1.54, 1.807) is 16.6 Å². The van der Waals surface area contributed by atoms with Crippen LogP contribution in [0.2, 0.25) is 0 Å². The summed E-state index contributed by atoms with van der Waals surface area (Å²) in [6, 6.07) is 3.84. The lowest BCUT2D eigenvalue weighted by molar-refractivity contribution is -0.121. The maximum absolute atomic E-state index is 12.0. The van der Waals surface area contributed by atoms with Crippen molar-refractivity contribution in [3.05, 3.63) is 24.2 Å². The van der Waals surface area contributed by atoms with E-state index in [9.17, 15) is 13.2 Å². The normalized spacial score (nSPS) is 25.5. The molecule has 1 aromatic heterocycles. The monoisotopic (exact) mass is 355 g/mol. The van der Waals surface area contributed by atoms with Crippen LogP contribution in [0.25, 0.3) is 0 Å². The number of furan rings is 1. The standard InChI is InChI=1S/C16H25N3O4S/c1-24(21,22)19-11-13-4-5-14(12-19)18(10-13)7-6-16(20)17-9-15-3-2-8-23-15/h2-3,8,13-14H,4-7,9-12H2,1H3,(H,17,20)/t13-,14-/m0/s1. The molecule has 3 aliphatic rings. The number of hydrogen-bond acceptors (Lipinski definition) is 5. The van der Waals surface area contributed by atoms with Crippen LogP contribution in [0.1, 0.15) is 25.0 Å². The molecule has 4 heterocycles. The van der Waals surface area contributed by atoms with Crippen LogP contribution < -0.4 is 5.32 Å². The van der Waals surface area contributed by atoms with E-state index in [-0.39, 0.29) is 11.9 Å². The first-order valence-electron chi connectivity index (χ1n) is 8.40. The predicted octanol–water partition coefficient (Wildman–Crippen LogP) is 0.642. The summed E-state index contributed by atoms with van der Waals surface area (Å²) in [7, 11) is -3.15. The van der Waals surface area contributed by atoms with Crippen LogP contribution in [0.5, 0.6) is 0 Å². The van der Waals surface area contributed by atoms with Gasteiger partial charge in [-0.2, -0.15) is 0 Å². The minimum absolute atomic E-state index is 0.00788. The number of nitrogens with zero attached hydrogens (tertiary/aromatic N) is 2. The van der Waals surface area contributed by atoms with Gasteiger partial charge in [0.1, 0.15) is 5.76 Å². The molecule has 0 radical (unpaired) electrons. The van der Waals surface area contributed by atoms with Gasteiger partial charge in [0.2, 0.25) is 15.9 Å². The molecular weight excluding hydrogens is 330 g/mol. The number of amides is 1. The van der Waals surface area contributed by atoms with Gasteiger partial charge in [-0.15, -0.1) is 0 Å². The molecule has 24 heavy (non-hydrogen) atoms. The summed E-state index contributed by atoms with van der Waals surface area (Å²) in [5, 5.41) is 2.85. The highest BCUT2D eigenvalue weighted by atomic mass is 32.2. The van der Waals surface area contributed by atoms with E-state index >= 15 is 0 Å². The van der Waals surface area contributed by atoms with Crippen molar-refractivity contribution >= 4 is 15.9 Å². The summed E-state index contributed by atoms with van der Waals surface area (Å²) in [6.45, 7) is 3.10. The molecule has 2 bridgehead atoms. The second-order valence-electron chi connectivity index (χ2n) is 6.78. The molecule has 1 amide bonds. The summed E-state index contributed by atoms with van der Waals surface area (Å²) >= 11 is 0. The molecule has 8 heteroatoms. The lowest BCUT2D eigenvalue weighted by Crippen LogP contribution is -2.45. The Morgan fingerprint density at radius 2 is 2.17 bits per heavy atom. The van der Waals surface area contributed by atoms with Crippen molar-refractivity contribution in [2.75, 3.05) is 32.4 Å². The van der Waals surface area contributed by atoms with Gasteiger partial charge in [0.25, 0.3) is 0 Å². The van der Waals surface area contributed by atoms with Crippen LogP contribution in [0.15, 0.2) is 22.8 Å². The van der Waals surface area contributed by atoms with E-state index in [1.165, 1.54) is 6.26 Å². The first-order chi connectivity index (χ1) is 11.4. The van der Waals surface area contributed by atoms with Gasteiger partial charge < -0.3 is 9.73 Å². The number of rotatable bonds is 6. The summed E-state index contributed by atoms with van der Waals surface area (Å²) < 4.78 is 30.5. The van der Waals surface area contributed by atoms with Gasteiger partial charge >= 0.3 is 0 Å². The third kappa shape index (κ3) is 4.37. The van der Waals surface area contributed by atoms with E-state index in [2.05, 4.69) is 10.2 Å². The van der Waals surface area contributed by atoms with E-state index in [1.807, 2.05) is 6.07 Å². The molecule has 134 valence electrons. The second-order valence-corrected chi connectivity index (χ2v) is 8.76. The number of carbonyl (C=O) groups is 1. The average molecular weight is 355 g/mol. The van der Waals surface area contributed by atoms with Crippen molar-refractivity contribution in [1.29, 1.82) is 0 Å². The second kappa shape index (κ2) is 7.25. The fourth-order valence-electron chi connectivity index (χ4n) is 3.61. The molecule has 0 saturated carbocycles. The topological polar surface area (TPSA) is 82.9 Å². The molecule has 0 unspecified atom stereocenters. The zero-order valence-corrected chi connectivity index (χ0v) is 14.8. The Morgan fingerprint density at radius 3 is 2.88 bits per heavy atom. The number of piperidine rings is 1. The molecule has 3 fully saturated rings. The van der Waals surface area contributed by atoms with E-state index < -0.39 is 10.0 Å². The fraction of sp³-hybridized carbons (Fsp3) is 0.688. The maximum Gasteiger partial charge on any atom is 0.221 e. The molecule has 0 spiro atoms. The number of carbonyl (C=O) groups excluding carboxylic acids is 1. The lowest BCUT2D eigenvalue weighted by atomic mass is 9.95. The Kier molecular flexibility index (Phi) is 5.27. The molecule has 3 saturated heterocycles. The van der Waals surface area contributed by atoms with E-state index in [0.29, 0.717) is 38.5 Å². The minimum Gasteiger partial charge on any atom is -0.467 e. The molecular formula is C16H25N3O4S. The number of hydrogen-bond donors (Lipinski definition) is 1. The Hall–Kier alpha value is -1.38. The highest BCUT2D eigenvalue weighted by Gasteiger charge is 2.37. The number of sulfonamides is 1. The quantitative estimate of drug-likeness (QED) is 0.810. The number of nitrogens with one attached hydrogen (secondary N) is 1. The highest BCUT2D eigenvalue weighted by Crippen LogP contribution is 2.29. The van der Waals surface area contributed by atoms with Crippen LogP contribution >= 0.6 is 0 Å². The summed E-state index contributed by atoms with van der Waals surface area (Å²) in [5.74, 6) is 1.09. The Labute approximate surface area is 143 Å². The molecule has 0 aliphatic carbocycles. The van der Waals surface area contributed by atoms with Crippen LogP contribution in [0.3, 0.4) is 0 Å². The Balaban J connectivity index is 1.50. The van der Waals surface area contributed by atoms with Crippen molar-refractivity contribution in [2.24, 2.45) is 5.92 Å². The van der Waals surface area contributed by atoms with Gasteiger partial charge in [0.15, 0.2) is 0 Å². The van der Waals surface area contributed by atoms with Gasteiger partial charge in [0.05, 0.1) is 19.1 Å². The molecule has 4 rings (SSSR count). The van der Waals surface area contributed by atoms with Gasteiger partial charge in [-0.05, 0) is 30.9 Å². The van der Waals surface area contributed by atoms with Gasteiger partial charge in [-0.25, -0.2) is 12.7 Å². The van der Waals surface area contributed by atoms with Crippen molar-refractivity contribution in [3.8, 4) is 0 Å². The predicted molar refractivity (Wildman–Crippen MR) is 89.7 cm³/mol. The number of fused-ring (bicyclic) bond motifs is 4. The Bertz CT molecular complexity index is 659. The smallest absolute Gasteiger partial charge is 0.221 e. The summed E-state index contributed by atoms with van der Waals surface area (Å²) in [5.41, 5.74) is 0. The fourth-order valence-corrected chi connectivity index (χ4v) is 4.54. The van der Waals surface area contributed by atoms with E-state index in [4.69, 9.17) is 4.42 Å². The van der Waals surface area contributed by atoms with Gasteiger partial charge in [-0.3, -0.25) is 9.69 Å². The molecule has 1 aromatic rings. The molecule has 2 atom stereocenters. The van der Waals surface area contributed by atoms with Gasteiger partial charge in [-0.1, -0.05) is 0 Å². The summed E-state index contributed by atoms with van der Waals surface area (Å²) in [6.07, 6.45) is 5.36. The maximum atomic E-state index is 12.0.